The summed E-state index contributed by atoms with van der Waals surface area (Å²) in [4.78, 5) is 12.8. The maximum absolute atomic E-state index is 12.8. The van der Waals surface area contributed by atoms with E-state index in [1.807, 2.05) is 0 Å². The van der Waals surface area contributed by atoms with Gasteiger partial charge in [-0.3, -0.25) is 9.10 Å². The van der Waals surface area contributed by atoms with E-state index in [2.05, 4.69) is 5.32 Å². The van der Waals surface area contributed by atoms with Crippen LogP contribution in [-0.2, 0) is 14.8 Å². The number of hydrogen-bond donors (Lipinski definition) is 1. The first-order valence-electron chi connectivity index (χ1n) is 8.31. The number of halogens is 2. The number of rotatable bonds is 5. The first kappa shape index (κ1) is 20.6. The average molecular weight is 445 g/mol. The third-order valence-corrected chi connectivity index (χ3v) is 5.68. The summed E-state index contributed by atoms with van der Waals surface area (Å²) in [6.07, 6.45) is 1.01. The summed E-state index contributed by atoms with van der Waals surface area (Å²) in [6, 6.07) is 8.24. The molecule has 0 fully saturated rings. The summed E-state index contributed by atoms with van der Waals surface area (Å²) in [5, 5.41) is 3.22. The smallest absolute Gasteiger partial charge is 0.247 e. The molecule has 0 spiro atoms. The van der Waals surface area contributed by atoms with Crippen LogP contribution in [0.15, 0.2) is 36.4 Å². The molecule has 1 atom stereocenters. The van der Waals surface area contributed by atoms with Gasteiger partial charge in [0.15, 0.2) is 11.5 Å². The van der Waals surface area contributed by atoms with Gasteiger partial charge in [0.05, 0.1) is 11.9 Å². The first-order valence-corrected chi connectivity index (χ1v) is 10.9. The average Bonchev–Trinajstić information content (AvgIpc) is 2.59. The summed E-state index contributed by atoms with van der Waals surface area (Å²) in [5.41, 5.74) is 0.656. The normalized spacial score (nSPS) is 14.3. The Morgan fingerprint density at radius 3 is 2.29 bits per heavy atom. The van der Waals surface area contributed by atoms with E-state index in [1.165, 1.54) is 25.1 Å². The zero-order chi connectivity index (χ0) is 20.5. The Morgan fingerprint density at radius 2 is 1.68 bits per heavy atom. The molecule has 0 saturated heterocycles. The summed E-state index contributed by atoms with van der Waals surface area (Å²) in [6.45, 7) is 2.35. The van der Waals surface area contributed by atoms with Crippen LogP contribution in [0.1, 0.15) is 6.92 Å². The largest absolute Gasteiger partial charge is 0.486 e. The van der Waals surface area contributed by atoms with Crippen LogP contribution in [0.4, 0.5) is 11.4 Å². The second-order valence-corrected chi connectivity index (χ2v) is 8.94. The fourth-order valence-corrected chi connectivity index (χ4v) is 4.52. The molecule has 150 valence electrons. The molecule has 0 saturated carbocycles. The van der Waals surface area contributed by atoms with Crippen molar-refractivity contribution < 1.29 is 22.7 Å². The van der Waals surface area contributed by atoms with E-state index < -0.39 is 22.0 Å². The molecule has 0 aliphatic carbocycles. The number of sulfonamides is 1. The van der Waals surface area contributed by atoms with Crippen LogP contribution in [0.25, 0.3) is 0 Å². The lowest BCUT2D eigenvalue weighted by Crippen LogP contribution is -2.45. The van der Waals surface area contributed by atoms with Gasteiger partial charge in [0.25, 0.3) is 0 Å². The van der Waals surface area contributed by atoms with Gasteiger partial charge in [0.2, 0.25) is 15.9 Å². The number of nitrogens with zero attached hydrogens (tertiary/aromatic N) is 1. The number of ether oxygens (including phenoxy) is 2. The maximum Gasteiger partial charge on any atom is 0.247 e. The Hall–Kier alpha value is -2.16. The zero-order valence-electron chi connectivity index (χ0n) is 15.1. The van der Waals surface area contributed by atoms with E-state index in [-0.39, 0.29) is 15.7 Å². The van der Waals surface area contributed by atoms with Crippen molar-refractivity contribution in [2.45, 2.75) is 13.0 Å². The number of carbonyl (C=O) groups excluding carboxylic acids is 1. The Labute approximate surface area is 173 Å². The molecule has 2 aromatic rings. The van der Waals surface area contributed by atoms with Crippen LogP contribution in [0, 0.1) is 0 Å². The fraction of sp³-hybridized carbons (Fsp3) is 0.278. The fourth-order valence-electron chi connectivity index (χ4n) is 2.84. The van der Waals surface area contributed by atoms with Crippen molar-refractivity contribution in [3.8, 4) is 11.5 Å². The lowest BCUT2D eigenvalue weighted by molar-refractivity contribution is -0.116. The van der Waals surface area contributed by atoms with Gasteiger partial charge in [-0.05, 0) is 37.3 Å². The van der Waals surface area contributed by atoms with Gasteiger partial charge in [0, 0.05) is 21.8 Å². The van der Waals surface area contributed by atoms with Crippen molar-refractivity contribution in [2.75, 3.05) is 29.1 Å². The highest BCUT2D eigenvalue weighted by Gasteiger charge is 2.30. The van der Waals surface area contributed by atoms with Crippen LogP contribution in [0.3, 0.4) is 0 Å². The first-order chi connectivity index (χ1) is 13.1. The highest BCUT2D eigenvalue weighted by atomic mass is 35.5. The van der Waals surface area contributed by atoms with Crippen molar-refractivity contribution in [1.29, 1.82) is 0 Å². The molecule has 28 heavy (non-hydrogen) atoms. The minimum atomic E-state index is -3.79. The molecule has 0 unspecified atom stereocenters. The topological polar surface area (TPSA) is 84.9 Å². The van der Waals surface area contributed by atoms with Crippen LogP contribution in [0.2, 0.25) is 10.0 Å². The highest BCUT2D eigenvalue weighted by Crippen LogP contribution is 2.33. The summed E-state index contributed by atoms with van der Waals surface area (Å²) >= 11 is 12.0. The molecule has 0 radical (unpaired) electrons. The molecule has 0 aromatic heterocycles. The Balaban J connectivity index is 1.86. The van der Waals surface area contributed by atoms with E-state index >= 15 is 0 Å². The molecule has 1 aliphatic heterocycles. The van der Waals surface area contributed by atoms with Crippen molar-refractivity contribution in [3.05, 3.63) is 46.4 Å². The summed E-state index contributed by atoms with van der Waals surface area (Å²) in [7, 11) is -3.79. The third kappa shape index (κ3) is 4.63. The Kier molecular flexibility index (Phi) is 5.92. The molecule has 2 aromatic carbocycles. The lowest BCUT2D eigenvalue weighted by Gasteiger charge is -2.28. The minimum absolute atomic E-state index is 0.199. The van der Waals surface area contributed by atoms with E-state index in [1.54, 1.807) is 18.2 Å². The highest BCUT2D eigenvalue weighted by molar-refractivity contribution is 7.92. The third-order valence-electron chi connectivity index (χ3n) is 4.00. The number of fused-ring (bicyclic) bond motifs is 1. The number of benzene rings is 2. The lowest BCUT2D eigenvalue weighted by atomic mass is 10.2. The van der Waals surface area contributed by atoms with Crippen LogP contribution >= 0.6 is 23.2 Å². The second kappa shape index (κ2) is 8.06. The van der Waals surface area contributed by atoms with Gasteiger partial charge in [-0.2, -0.15) is 0 Å². The van der Waals surface area contributed by atoms with E-state index in [4.69, 9.17) is 32.7 Å². The standard InChI is InChI=1S/C18H18Cl2N2O5S/c1-11(22(28(2,24)25)15-8-12(19)7-13(20)9-15)18(23)21-14-3-4-16-17(10-14)27-6-5-26-16/h3-4,7-11H,5-6H2,1-2H3,(H,21,23)/t11-/m1/s1. The van der Waals surface area contributed by atoms with Gasteiger partial charge >= 0.3 is 0 Å². The molecule has 0 bridgehead atoms. The summed E-state index contributed by atoms with van der Waals surface area (Å²) < 4.78 is 36.6. The van der Waals surface area contributed by atoms with Crippen LogP contribution in [-0.4, -0.2) is 39.8 Å². The number of anilines is 2. The van der Waals surface area contributed by atoms with Gasteiger partial charge < -0.3 is 14.8 Å². The quantitative estimate of drug-likeness (QED) is 0.761. The van der Waals surface area contributed by atoms with Crippen molar-refractivity contribution in [1.82, 2.24) is 0 Å². The molecule has 10 heteroatoms. The van der Waals surface area contributed by atoms with E-state index in [9.17, 15) is 13.2 Å². The molecule has 3 rings (SSSR count). The molecular formula is C18H18Cl2N2O5S. The summed E-state index contributed by atoms with van der Waals surface area (Å²) in [5.74, 6) is 0.570. The minimum Gasteiger partial charge on any atom is -0.486 e. The zero-order valence-corrected chi connectivity index (χ0v) is 17.4. The monoisotopic (exact) mass is 444 g/mol. The molecule has 1 amide bonds. The molecule has 1 heterocycles. The van der Waals surface area contributed by atoms with Crippen molar-refractivity contribution in [2.24, 2.45) is 0 Å². The van der Waals surface area contributed by atoms with Crippen LogP contribution in [0.5, 0.6) is 11.5 Å². The van der Waals surface area contributed by atoms with Crippen molar-refractivity contribution >= 4 is 50.5 Å². The van der Waals surface area contributed by atoms with E-state index in [0.29, 0.717) is 30.4 Å². The van der Waals surface area contributed by atoms with Crippen LogP contribution < -0.4 is 19.1 Å². The van der Waals surface area contributed by atoms with Gasteiger partial charge in [-0.15, -0.1) is 0 Å². The Bertz CT molecular complexity index is 993. The number of hydrogen-bond acceptors (Lipinski definition) is 5. The maximum atomic E-state index is 12.8. The van der Waals surface area contributed by atoms with E-state index in [0.717, 1.165) is 10.6 Å². The predicted molar refractivity (Wildman–Crippen MR) is 109 cm³/mol. The Morgan fingerprint density at radius 1 is 1.07 bits per heavy atom. The molecule has 1 aliphatic rings. The number of nitrogens with one attached hydrogen (secondary N) is 1. The second-order valence-electron chi connectivity index (χ2n) is 6.21. The molecule has 1 N–H and O–H groups in total. The predicted octanol–water partition coefficient (Wildman–Crippen LogP) is 3.56. The SMILES string of the molecule is C[C@H](C(=O)Nc1ccc2c(c1)OCCO2)N(c1cc(Cl)cc(Cl)c1)S(C)(=O)=O. The van der Waals surface area contributed by atoms with Crippen molar-refractivity contribution in [3.63, 3.8) is 0 Å². The van der Waals surface area contributed by atoms with Gasteiger partial charge in [-0.1, -0.05) is 23.2 Å². The number of carbonyl (C=O) groups is 1. The van der Waals surface area contributed by atoms with Gasteiger partial charge in [-0.25, -0.2) is 8.42 Å². The molecular weight excluding hydrogens is 427 g/mol. The molecule has 7 nitrogen and oxygen atoms in total. The van der Waals surface area contributed by atoms with Gasteiger partial charge in [0.1, 0.15) is 19.3 Å². The number of amides is 1.